The lowest BCUT2D eigenvalue weighted by molar-refractivity contribution is -0.500. The molecule has 0 unspecified atom stereocenters. The molecule has 61 heteroatoms. The van der Waals surface area contributed by atoms with Crippen molar-refractivity contribution in [2.45, 2.75) is 172 Å². The Morgan fingerprint density at radius 1 is 0.0989 bits per heavy atom. The predicted octanol–water partition coefficient (Wildman–Crippen LogP) is 19.8. The minimum Gasteiger partial charge on any atom is -0.192 e. The van der Waals surface area contributed by atoms with Gasteiger partial charge in [-0.05, 0) is 0 Å². The Morgan fingerprint density at radius 2 is 0.165 bits per heavy atom. The Balaban J connectivity index is 8.38. The summed E-state index contributed by atoms with van der Waals surface area (Å²) >= 11 is 0. The second-order valence-electron chi connectivity index (χ2n) is 16.8. The van der Waals surface area contributed by atoms with Gasteiger partial charge in [0.1, 0.15) is 0 Å². The summed E-state index contributed by atoms with van der Waals surface area (Å²) in [5, 5.41) is 0. The molecule has 0 N–H and O–H groups in total. The average Bonchev–Trinajstić information content (AvgIpc) is 3.31. The molecule has 1 radical (unpaired) electrons. The zero-order valence-corrected chi connectivity index (χ0v) is 38.1. The van der Waals surface area contributed by atoms with Gasteiger partial charge in [0.25, 0.3) is 0 Å². The van der Waals surface area contributed by atoms with Gasteiger partial charge >= 0.3 is 178 Å². The Hall–Kier alpha value is -4.27. The zero-order valence-electron chi connectivity index (χ0n) is 38.1. The molecule has 0 bridgehead atoms. The smallest absolute Gasteiger partial charge is 0.192 e. The normalized spacial score (nSPS) is 17.6. The van der Waals surface area contributed by atoms with E-state index in [-0.39, 0.29) is 0 Å². The molecule has 0 aliphatic heterocycles. The first-order chi connectivity index (χ1) is 37.9. The summed E-state index contributed by atoms with van der Waals surface area (Å²) in [5.74, 6) is -298. The monoisotopic (exact) mass is 1520 g/mol. The van der Waals surface area contributed by atoms with E-state index in [1.807, 2.05) is 0 Å². The predicted molar refractivity (Wildman–Crippen MR) is 150 cm³/mol. The van der Waals surface area contributed by atoms with Gasteiger partial charge in [0.2, 0.25) is 0 Å². The fourth-order valence-corrected chi connectivity index (χ4v) is 5.42. The fraction of sp³-hybridized carbons (Fsp3) is 0.967. The van der Waals surface area contributed by atoms with Crippen molar-refractivity contribution < 1.29 is 268 Å². The number of hydrogen-bond donors (Lipinski definition) is 0. The molecule has 0 rings (SSSR count). The van der Waals surface area contributed by atoms with Gasteiger partial charge in [-0.2, -0.15) is 268 Å². The van der Waals surface area contributed by atoms with Crippen LogP contribution >= 0.6 is 0 Å². The molecule has 0 saturated carbocycles. The van der Waals surface area contributed by atoms with E-state index in [4.69, 9.17) is 0 Å². The van der Waals surface area contributed by atoms with Crippen LogP contribution in [0, 0.1) is 6.43 Å². The van der Waals surface area contributed by atoms with Gasteiger partial charge in [0.05, 0.1) is 0 Å². The van der Waals surface area contributed by atoms with Crippen LogP contribution in [-0.2, 0) is 0 Å². The van der Waals surface area contributed by atoms with Gasteiger partial charge in [-0.15, -0.1) is 0 Å². The molecular weight excluding hydrogens is 1520 g/mol. The van der Waals surface area contributed by atoms with Gasteiger partial charge in [0.15, 0.2) is 0 Å². The first-order valence-electron chi connectivity index (χ1n) is 18.8. The SMILES string of the molecule is F[C](F)C(F)(F)C(F)(F)C(F)(F)C(F)(F)C(F)(F)C(F)(F)C(F)(F)C(F)(F)C(F)(F)C(F)(F)C(F)(F)C(F)(F)C(F)(F)C(F)(F)C(F)(F)C(F)(F)C(F)(F)C(F)(F)C(F)(F)C(F)(F)C(F)(F)C(F)(F)C(F)(F)C(F)(F)C(F)(F)C(F)(F)C(F)(F)C(F)(F)C(F)(F)F. The molecule has 91 heavy (non-hydrogen) atoms. The van der Waals surface area contributed by atoms with Gasteiger partial charge in [-0.3, -0.25) is 0 Å². The van der Waals surface area contributed by atoms with E-state index in [1.165, 1.54) is 0 Å². The third-order valence-corrected chi connectivity index (χ3v) is 11.2. The van der Waals surface area contributed by atoms with Gasteiger partial charge in [0, 0.05) is 0 Å². The minimum absolute atomic E-state index is 5.85. The first-order valence-corrected chi connectivity index (χ1v) is 18.8. The largest absolute Gasteiger partial charge is 0.460 e. The lowest BCUT2D eigenvalue weighted by Gasteiger charge is -2.48. The second-order valence-corrected chi connectivity index (χ2v) is 16.8. The lowest BCUT2D eigenvalue weighted by atomic mass is 9.81. The van der Waals surface area contributed by atoms with Crippen molar-refractivity contribution in [2.75, 3.05) is 0 Å². The van der Waals surface area contributed by atoms with E-state index in [2.05, 4.69) is 0 Å². The first kappa shape index (κ1) is 86.7. The zero-order chi connectivity index (χ0) is 76.1. The van der Waals surface area contributed by atoms with Crippen molar-refractivity contribution in [2.24, 2.45) is 0 Å². The van der Waals surface area contributed by atoms with Gasteiger partial charge < -0.3 is 0 Å². The van der Waals surface area contributed by atoms with Crippen LogP contribution in [0.5, 0.6) is 0 Å². The molecule has 0 aromatic heterocycles. The van der Waals surface area contributed by atoms with E-state index in [9.17, 15) is 268 Å². The maximum absolute atomic E-state index is 14.2. The number of alkyl halides is 59. The summed E-state index contributed by atoms with van der Waals surface area (Å²) in [7, 11) is 0. The number of halogens is 61. The highest BCUT2D eigenvalue weighted by Gasteiger charge is 3.06. The summed E-state index contributed by atoms with van der Waals surface area (Å²) in [6.07, 6.45) is -14.6. The highest BCUT2D eigenvalue weighted by Crippen LogP contribution is 2.74. The van der Waals surface area contributed by atoms with Crippen LogP contribution in [0.4, 0.5) is 268 Å². The molecule has 0 aromatic carbocycles. The van der Waals surface area contributed by atoms with Crippen molar-refractivity contribution in [3.63, 3.8) is 0 Å². The van der Waals surface area contributed by atoms with Crippen LogP contribution in [0.3, 0.4) is 0 Å². The molecule has 0 atom stereocenters. The van der Waals surface area contributed by atoms with Crippen molar-refractivity contribution in [3.8, 4) is 0 Å². The maximum Gasteiger partial charge on any atom is 0.460 e. The topological polar surface area (TPSA) is 0 Å². The number of hydrogen-bond acceptors (Lipinski definition) is 0. The Morgan fingerprint density at radius 3 is 0.231 bits per heavy atom. The van der Waals surface area contributed by atoms with Gasteiger partial charge in [-0.1, -0.05) is 0 Å². The summed E-state index contributed by atoms with van der Waals surface area (Å²) in [6, 6.07) is 0. The molecule has 0 aliphatic rings. The quantitative estimate of drug-likeness (QED) is 0.0685. The highest BCUT2D eigenvalue weighted by atomic mass is 19.5. The minimum atomic E-state index is -11.2. The fourth-order valence-electron chi connectivity index (χ4n) is 5.42. The summed E-state index contributed by atoms with van der Waals surface area (Å²) in [4.78, 5) is 0. The highest BCUT2D eigenvalue weighted by molar-refractivity contribution is 5.26. The number of rotatable bonds is 28. The Bertz CT molecular complexity index is 2600. The molecular formula is C30F61. The maximum atomic E-state index is 14.2. The molecule has 0 nitrogen and oxygen atoms in total. The molecule has 0 saturated heterocycles. The summed E-state index contributed by atoms with van der Waals surface area (Å²) < 4.78 is 838. The van der Waals surface area contributed by atoms with E-state index >= 15 is 0 Å². The van der Waals surface area contributed by atoms with Crippen LogP contribution < -0.4 is 0 Å². The third-order valence-electron chi connectivity index (χ3n) is 11.2. The lowest BCUT2D eigenvalue weighted by Crippen LogP contribution is -2.81. The average molecular weight is 1520 g/mol. The summed E-state index contributed by atoms with van der Waals surface area (Å²) in [6.45, 7) is 0. The van der Waals surface area contributed by atoms with Crippen molar-refractivity contribution in [3.05, 3.63) is 6.43 Å². The molecule has 0 aliphatic carbocycles. The van der Waals surface area contributed by atoms with Crippen molar-refractivity contribution in [1.29, 1.82) is 0 Å². The standard InChI is InChI=1S/C30F61/c31-1(32)2(33,34)3(35,36)4(37,38)5(39,40)6(41,42)7(43,44)8(45,46)9(47,48)10(49,50)11(51,52)12(53,54)13(55,56)14(57,58)15(59,60)16(61,62)17(63,64)18(65,66)19(67,68)20(69,70)21(71,72)22(73,74)23(75,76)24(77,78)25(79,80)26(81,82)27(83,84)28(85,86)29(87,88)30(89,90)91. The molecule has 0 spiro atoms. The van der Waals surface area contributed by atoms with Crippen LogP contribution in [0.2, 0.25) is 0 Å². The Kier molecular flexibility index (Phi) is 19.7. The molecule has 0 fully saturated rings. The van der Waals surface area contributed by atoms with Crippen molar-refractivity contribution in [1.82, 2.24) is 0 Å². The van der Waals surface area contributed by atoms with Crippen LogP contribution in [0.25, 0.3) is 0 Å². The van der Waals surface area contributed by atoms with E-state index < -0.39 is 178 Å². The molecule has 0 amide bonds. The van der Waals surface area contributed by atoms with E-state index in [1.54, 1.807) is 0 Å². The van der Waals surface area contributed by atoms with E-state index in [0.29, 0.717) is 0 Å². The van der Waals surface area contributed by atoms with Gasteiger partial charge in [-0.25, -0.2) is 0 Å². The third kappa shape index (κ3) is 9.34. The van der Waals surface area contributed by atoms with E-state index in [0.717, 1.165) is 0 Å². The molecule has 0 aromatic rings. The van der Waals surface area contributed by atoms with Crippen molar-refractivity contribution >= 4 is 0 Å². The molecule has 0 heterocycles. The Labute approximate surface area is 447 Å². The second kappa shape index (κ2) is 20.6. The van der Waals surface area contributed by atoms with Crippen LogP contribution in [-0.4, -0.2) is 172 Å². The summed E-state index contributed by atoms with van der Waals surface area (Å²) in [5.41, 5.74) is 0. The molecule has 547 valence electrons. The van der Waals surface area contributed by atoms with Crippen LogP contribution in [0.1, 0.15) is 0 Å². The van der Waals surface area contributed by atoms with Crippen LogP contribution in [0.15, 0.2) is 0 Å².